The highest BCUT2D eigenvalue weighted by Gasteiger charge is 2.17. The van der Waals surface area contributed by atoms with Crippen LogP contribution in [0.15, 0.2) is 84.9 Å². The normalized spacial score (nSPS) is 12.1. The van der Waals surface area contributed by atoms with Gasteiger partial charge in [-0.1, -0.05) is 24.3 Å². The number of fused-ring (bicyclic) bond motifs is 8. The molecule has 7 rings (SSSR count). The summed E-state index contributed by atoms with van der Waals surface area (Å²) in [5, 5.41) is 0. The number of rotatable bonds is 10. The van der Waals surface area contributed by atoms with E-state index < -0.39 is 11.9 Å². The molecular weight excluding hydrogens is 681 g/mol. The molecule has 0 amide bonds. The number of hydrogen-bond donors (Lipinski definition) is 2. The molecule has 270 valence electrons. The molecule has 0 saturated carbocycles. The van der Waals surface area contributed by atoms with Crippen molar-refractivity contribution in [2.45, 2.75) is 13.8 Å². The average molecular weight is 719 g/mol. The molecule has 0 saturated heterocycles. The summed E-state index contributed by atoms with van der Waals surface area (Å²) in [5.41, 5.74) is 10.4. The van der Waals surface area contributed by atoms with E-state index >= 15 is 0 Å². The summed E-state index contributed by atoms with van der Waals surface area (Å²) in [4.78, 5) is 42.7. The van der Waals surface area contributed by atoms with Crippen LogP contribution in [0, 0.1) is 0 Å². The second-order valence-corrected chi connectivity index (χ2v) is 12.2. The maximum absolute atomic E-state index is 12.6. The van der Waals surface area contributed by atoms with Gasteiger partial charge in [-0.25, -0.2) is 19.6 Å². The first-order valence-electron chi connectivity index (χ1n) is 17.5. The zero-order chi connectivity index (χ0) is 37.6. The van der Waals surface area contributed by atoms with Crippen LogP contribution >= 0.6 is 0 Å². The molecule has 54 heavy (non-hydrogen) atoms. The van der Waals surface area contributed by atoms with Gasteiger partial charge in [0.1, 0.15) is 11.5 Å². The van der Waals surface area contributed by atoms with Gasteiger partial charge in [-0.3, -0.25) is 0 Å². The van der Waals surface area contributed by atoms with Gasteiger partial charge in [-0.05, 0) is 110 Å². The average Bonchev–Trinajstić information content (AvgIpc) is 4.03. The lowest BCUT2D eigenvalue weighted by molar-refractivity contribution is -0.138. The van der Waals surface area contributed by atoms with Crippen LogP contribution in [0.25, 0.3) is 80.8 Å². The molecule has 10 heteroatoms. The Kier molecular flexibility index (Phi) is 10.3. The van der Waals surface area contributed by atoms with Gasteiger partial charge in [0, 0.05) is 56.5 Å². The van der Waals surface area contributed by atoms with E-state index in [1.54, 1.807) is 40.2 Å². The van der Waals surface area contributed by atoms with E-state index in [-0.39, 0.29) is 13.2 Å². The Balaban J connectivity index is 1.63. The number of aromatic nitrogens is 4. The number of nitrogens with one attached hydrogen (secondary N) is 2. The molecule has 2 N–H and O–H groups in total. The first-order chi connectivity index (χ1) is 26.4. The predicted octanol–water partition coefficient (Wildman–Crippen LogP) is 9.16. The molecule has 0 radical (unpaired) electrons. The van der Waals surface area contributed by atoms with Gasteiger partial charge in [-0.2, -0.15) is 0 Å². The lowest BCUT2D eigenvalue weighted by atomic mass is 10.0. The second kappa shape index (κ2) is 15.7. The molecule has 2 aliphatic heterocycles. The topological polar surface area (TPSA) is 128 Å². The highest BCUT2D eigenvalue weighted by Crippen LogP contribution is 2.36. The van der Waals surface area contributed by atoms with Crippen LogP contribution in [-0.2, 0) is 19.1 Å². The summed E-state index contributed by atoms with van der Waals surface area (Å²) in [6.45, 7) is 4.05. The monoisotopic (exact) mass is 718 g/mol. The zero-order valence-electron chi connectivity index (χ0n) is 30.3. The molecule has 3 aromatic heterocycles. The van der Waals surface area contributed by atoms with Crippen molar-refractivity contribution in [3.05, 3.63) is 119 Å². The number of esters is 2. The van der Waals surface area contributed by atoms with Gasteiger partial charge in [-0.15, -0.1) is 0 Å². The lowest BCUT2D eigenvalue weighted by Gasteiger charge is -2.07. The van der Waals surface area contributed by atoms with Crippen LogP contribution in [0.2, 0.25) is 0 Å². The SMILES string of the molecule is CCOC(=O)/C=C/c1c2nc(c(-c3cccc(OC)c3)c3ccc([nH]3)c(/C=C/C(=O)OCC)c3nc(c(-c4cccc(OC)c4)c4ccc1[nH]4)C=C3)C=C2. The first kappa shape index (κ1) is 35.5. The highest BCUT2D eigenvalue weighted by atomic mass is 16.5. The zero-order valence-corrected chi connectivity index (χ0v) is 30.3. The molecule has 0 aliphatic carbocycles. The molecule has 0 unspecified atom stereocenters. The third-order valence-corrected chi connectivity index (χ3v) is 8.90. The van der Waals surface area contributed by atoms with Crippen molar-refractivity contribution in [1.82, 2.24) is 19.9 Å². The van der Waals surface area contributed by atoms with Crippen molar-refractivity contribution >= 4 is 70.5 Å². The number of methoxy groups -OCH3 is 2. The molecule has 0 fully saturated rings. The molecule has 2 aliphatic rings. The van der Waals surface area contributed by atoms with Gasteiger partial charge >= 0.3 is 11.9 Å². The number of nitrogens with zero attached hydrogens (tertiary/aromatic N) is 2. The van der Waals surface area contributed by atoms with E-state index in [9.17, 15) is 9.59 Å². The first-order valence-corrected chi connectivity index (χ1v) is 17.5. The summed E-state index contributed by atoms with van der Waals surface area (Å²) in [6, 6.07) is 23.4. The van der Waals surface area contributed by atoms with Gasteiger partial charge in [0.15, 0.2) is 0 Å². The van der Waals surface area contributed by atoms with Crippen LogP contribution in [0.4, 0.5) is 0 Å². The predicted molar refractivity (Wildman–Crippen MR) is 214 cm³/mol. The van der Waals surface area contributed by atoms with Crippen LogP contribution in [-0.4, -0.2) is 59.3 Å². The Morgan fingerprint density at radius 3 is 1.39 bits per heavy atom. The van der Waals surface area contributed by atoms with Gasteiger partial charge in [0.25, 0.3) is 0 Å². The minimum absolute atomic E-state index is 0.256. The molecular formula is C44H38N4O6. The summed E-state index contributed by atoms with van der Waals surface area (Å²) in [7, 11) is 3.26. The quantitative estimate of drug-likeness (QED) is 0.106. The van der Waals surface area contributed by atoms with Gasteiger partial charge < -0.3 is 28.9 Å². The number of carbonyl (C=O) groups excluding carboxylic acids is 2. The Morgan fingerprint density at radius 2 is 0.981 bits per heavy atom. The van der Waals surface area contributed by atoms with E-state index in [2.05, 4.69) is 9.97 Å². The smallest absolute Gasteiger partial charge is 0.330 e. The third-order valence-electron chi connectivity index (χ3n) is 8.90. The largest absolute Gasteiger partial charge is 0.497 e. The molecule has 5 heterocycles. The number of ether oxygens (including phenoxy) is 4. The maximum Gasteiger partial charge on any atom is 0.330 e. The van der Waals surface area contributed by atoms with Crippen LogP contribution in [0.5, 0.6) is 11.5 Å². The second-order valence-electron chi connectivity index (χ2n) is 12.2. The number of aromatic amines is 2. The fourth-order valence-electron chi connectivity index (χ4n) is 6.45. The van der Waals surface area contributed by atoms with E-state index in [0.717, 1.165) is 44.3 Å². The standard InChI is InChI=1S/C44H38N4O6/c1-5-53-41(49)23-13-31-33-15-19-37(45-33)43(27-9-7-11-29(25-27)51-3)39-21-17-35(47-39)32(14-24-42(50)54-6-2)36-18-22-40(48-36)44(38-20-16-34(31)46-38)28-10-8-12-30(26-28)52-4/h7-26,45,48H,5-6H2,1-4H3/b23-13+,24-14+,33-31?,34-31?,35-32?,36-32?,43-37?,43-39?,44-38?,44-40?. The van der Waals surface area contributed by atoms with E-state index in [0.29, 0.717) is 45.4 Å². The molecule has 2 aromatic carbocycles. The lowest BCUT2D eigenvalue weighted by Crippen LogP contribution is -1.99. The van der Waals surface area contributed by atoms with E-state index in [4.69, 9.17) is 28.9 Å². The maximum atomic E-state index is 12.6. The van der Waals surface area contributed by atoms with Crippen LogP contribution in [0.1, 0.15) is 47.8 Å². The number of carbonyl (C=O) groups is 2. The van der Waals surface area contributed by atoms with Gasteiger partial charge in [0.2, 0.25) is 0 Å². The van der Waals surface area contributed by atoms with Crippen molar-refractivity contribution in [3.8, 4) is 33.8 Å². The fourth-order valence-corrected chi connectivity index (χ4v) is 6.45. The summed E-state index contributed by atoms with van der Waals surface area (Å²) in [6.07, 6.45) is 14.0. The Bertz CT molecular complexity index is 2380. The molecule has 0 atom stereocenters. The number of hydrogen-bond acceptors (Lipinski definition) is 8. The van der Waals surface area contributed by atoms with E-state index in [1.807, 2.05) is 97.1 Å². The summed E-state index contributed by atoms with van der Waals surface area (Å²) < 4.78 is 21.7. The van der Waals surface area contributed by atoms with Crippen molar-refractivity contribution < 1.29 is 28.5 Å². The van der Waals surface area contributed by atoms with E-state index in [1.165, 1.54) is 12.2 Å². The Hall–Kier alpha value is -6.94. The molecule has 0 spiro atoms. The number of benzene rings is 2. The van der Waals surface area contributed by atoms with Crippen molar-refractivity contribution in [2.24, 2.45) is 0 Å². The highest BCUT2D eigenvalue weighted by molar-refractivity contribution is 5.98. The summed E-state index contributed by atoms with van der Waals surface area (Å²) >= 11 is 0. The fraction of sp³-hybridized carbons (Fsp3) is 0.136. The van der Waals surface area contributed by atoms with Crippen LogP contribution in [0.3, 0.4) is 0 Å². The molecule has 10 nitrogen and oxygen atoms in total. The Morgan fingerprint density at radius 1 is 0.574 bits per heavy atom. The van der Waals surface area contributed by atoms with Crippen molar-refractivity contribution in [2.75, 3.05) is 27.4 Å². The minimum Gasteiger partial charge on any atom is -0.497 e. The van der Waals surface area contributed by atoms with Crippen LogP contribution < -0.4 is 9.47 Å². The van der Waals surface area contributed by atoms with Crippen molar-refractivity contribution in [3.63, 3.8) is 0 Å². The van der Waals surface area contributed by atoms with Crippen molar-refractivity contribution in [1.29, 1.82) is 0 Å². The molecule has 5 aromatic rings. The third kappa shape index (κ3) is 7.35. The number of H-pyrrole nitrogens is 2. The molecule has 8 bridgehead atoms. The summed E-state index contributed by atoms with van der Waals surface area (Å²) in [5.74, 6) is 0.463. The Labute approximate surface area is 312 Å². The minimum atomic E-state index is -0.459. The van der Waals surface area contributed by atoms with Gasteiger partial charge in [0.05, 0.1) is 50.2 Å².